The molecule has 5 nitrogen and oxygen atoms in total. The van der Waals surface area contributed by atoms with E-state index < -0.39 is 12.2 Å². The maximum atomic E-state index is 9.70. The number of ether oxygens (including phenoxy) is 2. The molecule has 0 heterocycles. The maximum absolute atomic E-state index is 9.70. The van der Waals surface area contributed by atoms with Crippen LogP contribution in [0, 0.1) is 0 Å². The van der Waals surface area contributed by atoms with Gasteiger partial charge in [-0.3, -0.25) is 0 Å². The summed E-state index contributed by atoms with van der Waals surface area (Å²) in [7, 11) is 0. The first-order valence-corrected chi connectivity index (χ1v) is 10.3. The van der Waals surface area contributed by atoms with E-state index in [1.807, 2.05) is 38.1 Å². The Kier molecular flexibility index (Phi) is 22.0. The summed E-state index contributed by atoms with van der Waals surface area (Å²) in [6, 6.07) is 7.91. The molecule has 1 aromatic carbocycles. The Morgan fingerprint density at radius 2 is 1.41 bits per heavy atom. The average Bonchev–Trinajstić information content (AvgIpc) is 2.69. The number of aliphatic hydroxyl groups excluding tert-OH is 3. The predicted octanol–water partition coefficient (Wildman–Crippen LogP) is 3.97. The molecule has 0 saturated heterocycles. The van der Waals surface area contributed by atoms with Gasteiger partial charge in [0.25, 0.3) is 0 Å². The summed E-state index contributed by atoms with van der Waals surface area (Å²) in [6.45, 7) is 10.3. The largest absolute Gasteiger partial charge is 0.491 e. The predicted molar refractivity (Wildman–Crippen MR) is 112 cm³/mol. The highest BCUT2D eigenvalue weighted by Gasteiger charge is 2.08. The van der Waals surface area contributed by atoms with Gasteiger partial charge in [-0.1, -0.05) is 66.0 Å². The lowest BCUT2D eigenvalue weighted by atomic mass is 10.1. The van der Waals surface area contributed by atoms with E-state index in [-0.39, 0.29) is 26.4 Å². The van der Waals surface area contributed by atoms with Crippen LogP contribution in [0.4, 0.5) is 0 Å². The second-order valence-corrected chi connectivity index (χ2v) is 6.15. The fraction of sp³-hybridized carbons (Fsp3) is 0.727. The van der Waals surface area contributed by atoms with E-state index in [4.69, 9.17) is 19.7 Å². The van der Waals surface area contributed by atoms with Gasteiger partial charge >= 0.3 is 0 Å². The van der Waals surface area contributed by atoms with Gasteiger partial charge < -0.3 is 24.8 Å². The molecule has 27 heavy (non-hydrogen) atoms. The van der Waals surface area contributed by atoms with Gasteiger partial charge in [0.05, 0.1) is 19.8 Å². The molecule has 160 valence electrons. The van der Waals surface area contributed by atoms with Crippen molar-refractivity contribution in [3.63, 3.8) is 0 Å². The highest BCUT2D eigenvalue weighted by molar-refractivity contribution is 5.27. The second kappa shape index (κ2) is 21.2. The van der Waals surface area contributed by atoms with Crippen molar-refractivity contribution in [1.29, 1.82) is 0 Å². The molecule has 2 unspecified atom stereocenters. The fourth-order valence-corrected chi connectivity index (χ4v) is 1.96. The number of aliphatic hydroxyl groups is 3. The third kappa shape index (κ3) is 18.0. The molecule has 0 fully saturated rings. The summed E-state index contributed by atoms with van der Waals surface area (Å²) in [4.78, 5) is 0. The lowest BCUT2D eigenvalue weighted by Gasteiger charge is -2.14. The molecule has 0 aliphatic carbocycles. The summed E-state index contributed by atoms with van der Waals surface area (Å²) in [5, 5.41) is 27.4. The Hall–Kier alpha value is -1.14. The Morgan fingerprint density at radius 3 is 1.93 bits per heavy atom. The zero-order valence-corrected chi connectivity index (χ0v) is 18.0. The first-order valence-electron chi connectivity index (χ1n) is 10.3. The van der Waals surface area contributed by atoms with E-state index in [2.05, 4.69) is 20.8 Å². The summed E-state index contributed by atoms with van der Waals surface area (Å²) < 4.78 is 10.6. The van der Waals surface area contributed by atoms with Crippen LogP contribution in [0.2, 0.25) is 0 Å². The molecule has 0 saturated carbocycles. The normalized spacial score (nSPS) is 12.1. The van der Waals surface area contributed by atoms with E-state index in [1.165, 1.54) is 31.2 Å². The molecule has 5 heteroatoms. The number of rotatable bonds is 12. The topological polar surface area (TPSA) is 79.2 Å². The second-order valence-electron chi connectivity index (χ2n) is 6.15. The first kappa shape index (κ1) is 28.1. The highest BCUT2D eigenvalue weighted by Crippen LogP contribution is 2.14. The van der Waals surface area contributed by atoms with Crippen LogP contribution >= 0.6 is 0 Å². The lowest BCUT2D eigenvalue weighted by molar-refractivity contribution is -0.0337. The van der Waals surface area contributed by atoms with E-state index in [0.29, 0.717) is 5.75 Å². The minimum atomic E-state index is -0.909. The Bertz CT molecular complexity index is 394. The third-order valence-electron chi connectivity index (χ3n) is 3.27. The van der Waals surface area contributed by atoms with Crippen molar-refractivity contribution < 1.29 is 24.8 Å². The van der Waals surface area contributed by atoms with Crippen molar-refractivity contribution in [2.45, 2.75) is 78.9 Å². The SMILES string of the molecule is CC.CCC.CCCCCc1ccc(OCC(O)COCC(O)CO)cc1. The monoisotopic (exact) mass is 386 g/mol. The van der Waals surface area contributed by atoms with Gasteiger partial charge in [-0.25, -0.2) is 0 Å². The van der Waals surface area contributed by atoms with Crippen molar-refractivity contribution in [2.75, 3.05) is 26.4 Å². The van der Waals surface area contributed by atoms with Crippen LogP contribution in [-0.2, 0) is 11.2 Å². The highest BCUT2D eigenvalue weighted by atomic mass is 16.5. The zero-order valence-electron chi connectivity index (χ0n) is 18.0. The number of hydrogen-bond acceptors (Lipinski definition) is 5. The van der Waals surface area contributed by atoms with Gasteiger partial charge in [0, 0.05) is 0 Å². The molecule has 0 aromatic heterocycles. The molecular formula is C22H42O5. The quantitative estimate of drug-likeness (QED) is 0.474. The Balaban J connectivity index is 0. The van der Waals surface area contributed by atoms with E-state index in [1.54, 1.807) is 0 Å². The number of benzene rings is 1. The molecule has 2 atom stereocenters. The molecule has 0 spiro atoms. The van der Waals surface area contributed by atoms with Crippen molar-refractivity contribution in [2.24, 2.45) is 0 Å². The van der Waals surface area contributed by atoms with E-state index in [0.717, 1.165) is 6.42 Å². The standard InChI is InChI=1S/C17H28O5.C3H8.C2H6/c1-2-3-4-5-14-6-8-17(9-7-14)22-13-16(20)12-21-11-15(19)10-18;1-3-2;1-2/h6-9,15-16,18-20H,2-5,10-13H2,1H3;3H2,1-2H3;1-2H3. The number of hydrogen-bond donors (Lipinski definition) is 3. The average molecular weight is 387 g/mol. The molecular weight excluding hydrogens is 344 g/mol. The minimum absolute atomic E-state index is 0.0000168. The molecule has 0 bridgehead atoms. The fourth-order valence-electron chi connectivity index (χ4n) is 1.96. The molecule has 3 N–H and O–H groups in total. The summed E-state index contributed by atoms with van der Waals surface area (Å²) in [5.74, 6) is 0.716. The molecule has 0 aliphatic rings. The molecule has 0 radical (unpaired) electrons. The first-order chi connectivity index (χ1) is 13.1. The van der Waals surface area contributed by atoms with E-state index in [9.17, 15) is 5.11 Å². The van der Waals surface area contributed by atoms with Crippen molar-refractivity contribution in [1.82, 2.24) is 0 Å². The van der Waals surface area contributed by atoms with Crippen molar-refractivity contribution >= 4 is 0 Å². The number of unbranched alkanes of at least 4 members (excludes halogenated alkanes) is 2. The van der Waals surface area contributed by atoms with Gasteiger partial charge in [0.15, 0.2) is 0 Å². The molecule has 0 aliphatic heterocycles. The lowest BCUT2D eigenvalue weighted by Crippen LogP contribution is -2.27. The third-order valence-corrected chi connectivity index (χ3v) is 3.27. The summed E-state index contributed by atoms with van der Waals surface area (Å²) in [6.07, 6.45) is 4.32. The maximum Gasteiger partial charge on any atom is 0.119 e. The van der Waals surface area contributed by atoms with Gasteiger partial charge in [0.2, 0.25) is 0 Å². The van der Waals surface area contributed by atoms with Gasteiger partial charge in [-0.2, -0.15) is 0 Å². The minimum Gasteiger partial charge on any atom is -0.491 e. The molecule has 1 rings (SSSR count). The Morgan fingerprint density at radius 1 is 0.852 bits per heavy atom. The molecule has 1 aromatic rings. The summed E-state index contributed by atoms with van der Waals surface area (Å²) >= 11 is 0. The van der Waals surface area contributed by atoms with Gasteiger partial charge in [0.1, 0.15) is 24.6 Å². The van der Waals surface area contributed by atoms with Crippen molar-refractivity contribution in [3.05, 3.63) is 29.8 Å². The van der Waals surface area contributed by atoms with Crippen LogP contribution in [-0.4, -0.2) is 54.0 Å². The van der Waals surface area contributed by atoms with Crippen LogP contribution < -0.4 is 4.74 Å². The van der Waals surface area contributed by atoms with Crippen LogP contribution in [0.3, 0.4) is 0 Å². The van der Waals surface area contributed by atoms with Crippen LogP contribution in [0.1, 0.15) is 65.9 Å². The van der Waals surface area contributed by atoms with Crippen LogP contribution in [0.15, 0.2) is 24.3 Å². The van der Waals surface area contributed by atoms with Gasteiger partial charge in [-0.05, 0) is 30.5 Å². The van der Waals surface area contributed by atoms with Crippen LogP contribution in [0.5, 0.6) is 5.75 Å². The van der Waals surface area contributed by atoms with Crippen LogP contribution in [0.25, 0.3) is 0 Å². The number of aryl methyl sites for hydroxylation is 1. The smallest absolute Gasteiger partial charge is 0.119 e. The zero-order chi connectivity index (χ0) is 20.9. The Labute approximate surface area is 166 Å². The molecule has 0 amide bonds. The van der Waals surface area contributed by atoms with Crippen molar-refractivity contribution in [3.8, 4) is 5.75 Å². The van der Waals surface area contributed by atoms with E-state index >= 15 is 0 Å². The van der Waals surface area contributed by atoms with Gasteiger partial charge in [-0.15, -0.1) is 0 Å². The summed E-state index contributed by atoms with van der Waals surface area (Å²) in [5.41, 5.74) is 1.29.